The SMILES string of the molecule is CC1CN(C(C)c2ccco2)C(C)CN1. The predicted molar refractivity (Wildman–Crippen MR) is 60.8 cm³/mol. The van der Waals surface area contributed by atoms with Crippen LogP contribution in [0.2, 0.25) is 0 Å². The van der Waals surface area contributed by atoms with E-state index in [1.807, 2.05) is 6.07 Å². The summed E-state index contributed by atoms with van der Waals surface area (Å²) in [6.45, 7) is 8.86. The van der Waals surface area contributed by atoms with Crippen molar-refractivity contribution in [3.63, 3.8) is 0 Å². The summed E-state index contributed by atoms with van der Waals surface area (Å²) >= 11 is 0. The Kier molecular flexibility index (Phi) is 3.12. The van der Waals surface area contributed by atoms with E-state index in [9.17, 15) is 0 Å². The summed E-state index contributed by atoms with van der Waals surface area (Å²) in [7, 11) is 0. The minimum atomic E-state index is 0.375. The first kappa shape index (κ1) is 10.7. The highest BCUT2D eigenvalue weighted by atomic mass is 16.3. The van der Waals surface area contributed by atoms with Crippen LogP contribution in [0.25, 0.3) is 0 Å². The van der Waals surface area contributed by atoms with Gasteiger partial charge in [-0.15, -0.1) is 0 Å². The Bertz CT molecular complexity index is 297. The van der Waals surface area contributed by atoms with Crippen molar-refractivity contribution in [1.29, 1.82) is 0 Å². The summed E-state index contributed by atoms with van der Waals surface area (Å²) in [4.78, 5) is 2.50. The van der Waals surface area contributed by atoms with Gasteiger partial charge >= 0.3 is 0 Å². The van der Waals surface area contributed by atoms with Gasteiger partial charge in [-0.25, -0.2) is 0 Å². The summed E-state index contributed by atoms with van der Waals surface area (Å²) in [6.07, 6.45) is 1.75. The van der Waals surface area contributed by atoms with Gasteiger partial charge in [0.1, 0.15) is 5.76 Å². The molecule has 0 saturated carbocycles. The predicted octanol–water partition coefficient (Wildman–Crippen LogP) is 2.02. The van der Waals surface area contributed by atoms with Gasteiger partial charge in [0.05, 0.1) is 12.3 Å². The number of piperazine rings is 1. The van der Waals surface area contributed by atoms with Crippen LogP contribution < -0.4 is 5.32 Å². The molecule has 0 aliphatic carbocycles. The largest absolute Gasteiger partial charge is 0.468 e. The lowest BCUT2D eigenvalue weighted by molar-refractivity contribution is 0.0919. The minimum absolute atomic E-state index is 0.375. The minimum Gasteiger partial charge on any atom is -0.468 e. The van der Waals surface area contributed by atoms with E-state index < -0.39 is 0 Å². The first-order valence-electron chi connectivity index (χ1n) is 5.71. The van der Waals surface area contributed by atoms with Crippen molar-refractivity contribution in [2.45, 2.75) is 38.9 Å². The smallest absolute Gasteiger partial charge is 0.120 e. The molecule has 3 heteroatoms. The fourth-order valence-corrected chi connectivity index (χ4v) is 2.28. The van der Waals surface area contributed by atoms with Gasteiger partial charge in [0, 0.05) is 25.2 Å². The molecular weight excluding hydrogens is 188 g/mol. The molecule has 0 bridgehead atoms. The Morgan fingerprint density at radius 2 is 2.33 bits per heavy atom. The highest BCUT2D eigenvalue weighted by Gasteiger charge is 2.28. The van der Waals surface area contributed by atoms with Gasteiger partial charge in [-0.2, -0.15) is 0 Å². The Balaban J connectivity index is 2.08. The van der Waals surface area contributed by atoms with Crippen LogP contribution in [-0.2, 0) is 0 Å². The molecule has 0 radical (unpaired) electrons. The van der Waals surface area contributed by atoms with Gasteiger partial charge in [0.25, 0.3) is 0 Å². The van der Waals surface area contributed by atoms with Crippen LogP contribution >= 0.6 is 0 Å². The Morgan fingerprint density at radius 3 is 3.00 bits per heavy atom. The van der Waals surface area contributed by atoms with Crippen molar-refractivity contribution in [1.82, 2.24) is 10.2 Å². The number of rotatable bonds is 2. The molecule has 1 aliphatic heterocycles. The quantitative estimate of drug-likeness (QED) is 0.806. The molecule has 1 aromatic heterocycles. The summed E-state index contributed by atoms with van der Waals surface area (Å²) in [6, 6.07) is 5.53. The molecule has 2 heterocycles. The maximum Gasteiger partial charge on any atom is 0.120 e. The van der Waals surface area contributed by atoms with Crippen LogP contribution in [0, 0.1) is 0 Å². The Morgan fingerprint density at radius 1 is 1.53 bits per heavy atom. The van der Waals surface area contributed by atoms with E-state index in [0.29, 0.717) is 18.1 Å². The van der Waals surface area contributed by atoms with Gasteiger partial charge < -0.3 is 9.73 Å². The fraction of sp³-hybridized carbons (Fsp3) is 0.667. The molecule has 1 aromatic rings. The first-order chi connectivity index (χ1) is 7.18. The zero-order valence-corrected chi connectivity index (χ0v) is 9.73. The van der Waals surface area contributed by atoms with E-state index in [-0.39, 0.29) is 0 Å². The van der Waals surface area contributed by atoms with Crippen molar-refractivity contribution in [3.8, 4) is 0 Å². The molecule has 1 saturated heterocycles. The molecular formula is C12H20N2O. The maximum absolute atomic E-state index is 5.47. The summed E-state index contributed by atoms with van der Waals surface area (Å²) in [5.74, 6) is 1.07. The summed E-state index contributed by atoms with van der Waals surface area (Å²) < 4.78 is 5.47. The maximum atomic E-state index is 5.47. The van der Waals surface area contributed by atoms with E-state index in [4.69, 9.17) is 4.42 Å². The van der Waals surface area contributed by atoms with E-state index in [2.05, 4.69) is 37.1 Å². The average Bonchev–Trinajstić information content (AvgIpc) is 2.74. The van der Waals surface area contributed by atoms with Gasteiger partial charge in [-0.3, -0.25) is 4.90 Å². The molecule has 0 aromatic carbocycles. The van der Waals surface area contributed by atoms with Crippen LogP contribution in [0.15, 0.2) is 22.8 Å². The van der Waals surface area contributed by atoms with Crippen LogP contribution in [0.4, 0.5) is 0 Å². The number of hydrogen-bond acceptors (Lipinski definition) is 3. The molecule has 2 rings (SSSR count). The number of furan rings is 1. The lowest BCUT2D eigenvalue weighted by Gasteiger charge is -2.40. The highest BCUT2D eigenvalue weighted by Crippen LogP contribution is 2.24. The molecule has 3 unspecified atom stereocenters. The van der Waals surface area contributed by atoms with Crippen molar-refractivity contribution in [2.24, 2.45) is 0 Å². The highest BCUT2D eigenvalue weighted by molar-refractivity contribution is 5.05. The molecule has 0 amide bonds. The zero-order chi connectivity index (χ0) is 10.8. The molecule has 1 fully saturated rings. The van der Waals surface area contributed by atoms with Crippen molar-refractivity contribution >= 4 is 0 Å². The van der Waals surface area contributed by atoms with Gasteiger partial charge in [0.2, 0.25) is 0 Å². The van der Waals surface area contributed by atoms with Gasteiger partial charge in [-0.1, -0.05) is 0 Å². The van der Waals surface area contributed by atoms with Crippen molar-refractivity contribution < 1.29 is 4.42 Å². The van der Waals surface area contributed by atoms with Crippen molar-refractivity contribution in [3.05, 3.63) is 24.2 Å². The average molecular weight is 208 g/mol. The fourth-order valence-electron chi connectivity index (χ4n) is 2.28. The normalized spacial score (nSPS) is 30.3. The van der Waals surface area contributed by atoms with Crippen LogP contribution in [0.3, 0.4) is 0 Å². The lowest BCUT2D eigenvalue weighted by Crippen LogP contribution is -2.54. The molecule has 3 nitrogen and oxygen atoms in total. The zero-order valence-electron chi connectivity index (χ0n) is 9.73. The Labute approximate surface area is 91.4 Å². The lowest BCUT2D eigenvalue weighted by atomic mass is 10.1. The molecule has 84 valence electrons. The second-order valence-corrected chi connectivity index (χ2v) is 4.55. The molecule has 15 heavy (non-hydrogen) atoms. The first-order valence-corrected chi connectivity index (χ1v) is 5.71. The van der Waals surface area contributed by atoms with E-state index in [1.54, 1.807) is 6.26 Å². The third kappa shape index (κ3) is 2.24. The second kappa shape index (κ2) is 4.37. The molecule has 1 N–H and O–H groups in total. The van der Waals surface area contributed by atoms with Gasteiger partial charge in [0.15, 0.2) is 0 Å². The molecule has 3 atom stereocenters. The number of nitrogens with one attached hydrogen (secondary N) is 1. The Hall–Kier alpha value is -0.800. The molecule has 0 spiro atoms. The van der Waals surface area contributed by atoms with Crippen LogP contribution in [0.1, 0.15) is 32.6 Å². The summed E-state index contributed by atoms with van der Waals surface area (Å²) in [5.41, 5.74) is 0. The third-order valence-electron chi connectivity index (χ3n) is 3.26. The van der Waals surface area contributed by atoms with E-state index in [1.165, 1.54) is 0 Å². The third-order valence-corrected chi connectivity index (χ3v) is 3.26. The standard InChI is InChI=1S/C12H20N2O/c1-9-8-14(10(2)7-13-9)11(3)12-5-4-6-15-12/h4-6,9-11,13H,7-8H2,1-3H3. The topological polar surface area (TPSA) is 28.4 Å². The monoisotopic (exact) mass is 208 g/mol. The van der Waals surface area contributed by atoms with Crippen LogP contribution in [-0.4, -0.2) is 30.1 Å². The van der Waals surface area contributed by atoms with Crippen molar-refractivity contribution in [2.75, 3.05) is 13.1 Å². The second-order valence-electron chi connectivity index (χ2n) is 4.55. The summed E-state index contributed by atoms with van der Waals surface area (Å²) in [5, 5.41) is 3.49. The van der Waals surface area contributed by atoms with E-state index >= 15 is 0 Å². The molecule has 1 aliphatic rings. The number of hydrogen-bond donors (Lipinski definition) is 1. The number of nitrogens with zero attached hydrogens (tertiary/aromatic N) is 1. The van der Waals surface area contributed by atoms with E-state index in [0.717, 1.165) is 18.8 Å². The van der Waals surface area contributed by atoms with Gasteiger partial charge in [-0.05, 0) is 32.9 Å². The van der Waals surface area contributed by atoms with Crippen LogP contribution in [0.5, 0.6) is 0 Å².